The first-order chi connectivity index (χ1) is 30.3. The van der Waals surface area contributed by atoms with Crippen molar-refractivity contribution in [2.75, 3.05) is 13.2 Å². The highest BCUT2D eigenvalue weighted by atomic mass is 16.6. The summed E-state index contributed by atoms with van der Waals surface area (Å²) in [4.78, 5) is 84.4. The number of ether oxygens (including phenoxy) is 6. The molecule has 64 heavy (non-hydrogen) atoms. The summed E-state index contributed by atoms with van der Waals surface area (Å²) in [6.45, 7) is 10.3. The van der Waals surface area contributed by atoms with Gasteiger partial charge in [0.15, 0.2) is 23.6 Å². The van der Waals surface area contributed by atoms with E-state index >= 15 is 4.79 Å². The Morgan fingerprint density at radius 2 is 1.44 bits per heavy atom. The van der Waals surface area contributed by atoms with Crippen LogP contribution in [0.1, 0.15) is 93.6 Å². The summed E-state index contributed by atoms with van der Waals surface area (Å²) in [5.41, 5.74) is -6.44. The summed E-state index contributed by atoms with van der Waals surface area (Å²) >= 11 is 0. The summed E-state index contributed by atoms with van der Waals surface area (Å²) in [5.74, 6) is -6.37. The van der Waals surface area contributed by atoms with Gasteiger partial charge in [0.05, 0.1) is 35.6 Å². The highest BCUT2D eigenvalue weighted by Crippen LogP contribution is 2.65. The molecule has 7 rings (SSSR count). The van der Waals surface area contributed by atoms with Crippen LogP contribution in [0.2, 0.25) is 0 Å². The number of aliphatic hydroxyl groups is 2. The van der Waals surface area contributed by atoms with Gasteiger partial charge in [-0.1, -0.05) is 80.6 Å². The number of nitrogens with one attached hydrogen (secondary N) is 1. The molecule has 2 saturated carbocycles. The zero-order valence-corrected chi connectivity index (χ0v) is 36.9. The number of benzene rings is 3. The predicted molar refractivity (Wildman–Crippen MR) is 227 cm³/mol. The lowest BCUT2D eigenvalue weighted by Crippen LogP contribution is -2.82. The molecule has 4 aliphatic rings. The maximum atomic E-state index is 15.8. The lowest BCUT2D eigenvalue weighted by molar-refractivity contribution is -0.348. The molecule has 0 spiro atoms. The van der Waals surface area contributed by atoms with Crippen molar-refractivity contribution in [1.82, 2.24) is 5.32 Å². The summed E-state index contributed by atoms with van der Waals surface area (Å²) in [5, 5.41) is 28.4. The Labute approximate surface area is 371 Å². The second-order valence-corrected chi connectivity index (χ2v) is 17.8. The summed E-state index contributed by atoms with van der Waals surface area (Å²) < 4.78 is 37.2. The van der Waals surface area contributed by atoms with Crippen molar-refractivity contribution < 1.29 is 67.4 Å². The van der Waals surface area contributed by atoms with Crippen molar-refractivity contribution in [3.8, 4) is 0 Å². The van der Waals surface area contributed by atoms with E-state index in [0.717, 1.165) is 6.92 Å². The van der Waals surface area contributed by atoms with Crippen molar-refractivity contribution >= 4 is 35.6 Å². The van der Waals surface area contributed by atoms with Crippen LogP contribution in [0.4, 0.5) is 0 Å². The number of ketones is 1. The van der Waals surface area contributed by atoms with E-state index < -0.39 is 113 Å². The van der Waals surface area contributed by atoms with Crippen molar-refractivity contribution in [1.29, 1.82) is 0 Å². The van der Waals surface area contributed by atoms with Crippen molar-refractivity contribution in [2.45, 2.75) is 115 Å². The van der Waals surface area contributed by atoms with Crippen LogP contribution in [-0.4, -0.2) is 107 Å². The molecule has 3 aromatic rings. The third kappa shape index (κ3) is 7.82. The van der Waals surface area contributed by atoms with Gasteiger partial charge in [-0.05, 0) is 61.7 Å². The van der Waals surface area contributed by atoms with E-state index in [2.05, 4.69) is 5.32 Å². The Hall–Kier alpha value is -5.74. The molecule has 340 valence electrons. The molecule has 3 fully saturated rings. The minimum absolute atomic E-state index is 0.0490. The van der Waals surface area contributed by atoms with Gasteiger partial charge in [0.2, 0.25) is 0 Å². The number of Topliss-reactive ketones (excluding diaryl/α,β-unsaturated/α-hetero) is 1. The molecule has 0 radical (unpaired) electrons. The van der Waals surface area contributed by atoms with E-state index in [1.54, 1.807) is 113 Å². The molecule has 3 aromatic carbocycles. The molecular formula is C49H55NO14. The zero-order chi connectivity index (χ0) is 46.4. The molecule has 3 aliphatic carbocycles. The average molecular weight is 882 g/mol. The highest BCUT2D eigenvalue weighted by Gasteiger charge is 2.78. The Balaban J connectivity index is 1.41. The van der Waals surface area contributed by atoms with Crippen LogP contribution in [0.5, 0.6) is 0 Å². The van der Waals surface area contributed by atoms with Crippen molar-refractivity contribution in [2.24, 2.45) is 16.7 Å². The van der Waals surface area contributed by atoms with E-state index in [1.807, 2.05) is 0 Å². The van der Waals surface area contributed by atoms with Crippen LogP contribution in [0.15, 0.2) is 102 Å². The number of amides is 1. The standard InChI is InChI=1S/C49H55NO14/c1-8-59-34-24-35-48(26-60-35,64-29(4)52)40-42(63-44(56)32-22-16-11-17-23-32)49(58)25-33(27(2)36(46(49,5)6)39(61-28(3)51)41(54)47(34,40)7)62-45(57)38(53)37(30-18-12-9-13-19-30)50-43(55)31-20-14-10-15-21-31/h9-23,33-35,37-40,42,53,58H,8,24-26H2,1-7H3,(H,50,55)/t33-,34-,35+,37?,38+,39+,40-,42-,47+,48-,49+/m0/s1. The Bertz CT molecular complexity index is 2320. The second-order valence-electron chi connectivity index (χ2n) is 17.8. The molecule has 1 unspecified atom stereocenters. The molecule has 2 bridgehead atoms. The number of hydrogen-bond acceptors (Lipinski definition) is 14. The van der Waals surface area contributed by atoms with Crippen LogP contribution in [0.25, 0.3) is 0 Å². The molecule has 1 aliphatic heterocycles. The fraction of sp³-hybridized carbons (Fsp3) is 0.469. The van der Waals surface area contributed by atoms with Gasteiger partial charge < -0.3 is 44.0 Å². The largest absolute Gasteiger partial charge is 0.456 e. The lowest BCUT2D eigenvalue weighted by Gasteiger charge is -2.67. The normalized spacial score (nSPS) is 31.2. The molecule has 15 nitrogen and oxygen atoms in total. The summed E-state index contributed by atoms with van der Waals surface area (Å²) in [6.07, 6.45) is -9.30. The first kappa shape index (κ1) is 46.3. The second kappa shape index (κ2) is 17.7. The number of carbonyl (C=O) groups is 6. The predicted octanol–water partition coefficient (Wildman–Crippen LogP) is 4.78. The first-order valence-corrected chi connectivity index (χ1v) is 21.4. The molecule has 0 aromatic heterocycles. The van der Waals surface area contributed by atoms with Gasteiger partial charge in [0, 0.05) is 44.3 Å². The first-order valence-electron chi connectivity index (χ1n) is 21.4. The summed E-state index contributed by atoms with van der Waals surface area (Å²) in [6, 6.07) is 23.2. The third-order valence-corrected chi connectivity index (χ3v) is 13.8. The zero-order valence-electron chi connectivity index (χ0n) is 36.9. The minimum atomic E-state index is -2.34. The monoisotopic (exact) mass is 881 g/mol. The molecule has 11 atom stereocenters. The van der Waals surface area contributed by atoms with Gasteiger partial charge in [-0.3, -0.25) is 19.2 Å². The molecule has 1 amide bonds. The van der Waals surface area contributed by atoms with Crippen LogP contribution >= 0.6 is 0 Å². The van der Waals surface area contributed by atoms with Gasteiger partial charge in [0.1, 0.15) is 23.9 Å². The maximum Gasteiger partial charge on any atom is 0.338 e. The Morgan fingerprint density at radius 1 is 0.844 bits per heavy atom. The molecule has 3 N–H and O–H groups in total. The molecule has 15 heteroatoms. The van der Waals surface area contributed by atoms with Gasteiger partial charge in [-0.25, -0.2) is 9.59 Å². The van der Waals surface area contributed by atoms with Crippen LogP contribution in [-0.2, 0) is 47.6 Å². The quantitative estimate of drug-likeness (QED) is 0.127. The molecule has 1 saturated heterocycles. The van der Waals surface area contributed by atoms with E-state index in [1.165, 1.54) is 19.1 Å². The van der Waals surface area contributed by atoms with Crippen molar-refractivity contribution in [3.63, 3.8) is 0 Å². The lowest BCUT2D eigenvalue weighted by atomic mass is 9.44. The van der Waals surface area contributed by atoms with E-state index in [0.29, 0.717) is 5.56 Å². The fourth-order valence-electron chi connectivity index (χ4n) is 10.6. The number of hydrogen-bond donors (Lipinski definition) is 3. The van der Waals surface area contributed by atoms with Crippen LogP contribution in [0.3, 0.4) is 0 Å². The van der Waals surface area contributed by atoms with Crippen molar-refractivity contribution in [3.05, 3.63) is 119 Å². The SMILES string of the molecule is CCO[C@H]1C[C@H]2OC[C@@]2(OC(C)=O)[C@H]2[C@H](OC(=O)c3ccccc3)[C@]3(O)C[C@H](OC(=O)[C@H](O)C(NC(=O)c4ccccc4)c4ccccc4)C(C)=C([C@@H](OC(C)=O)C(=O)[C@]12C)C3(C)C. The number of fused-ring (bicyclic) bond motifs is 5. The van der Waals surface area contributed by atoms with Gasteiger partial charge in [-0.2, -0.15) is 0 Å². The van der Waals surface area contributed by atoms with Gasteiger partial charge in [0.25, 0.3) is 5.91 Å². The fourth-order valence-corrected chi connectivity index (χ4v) is 10.6. The van der Waals surface area contributed by atoms with Gasteiger partial charge >= 0.3 is 23.9 Å². The van der Waals surface area contributed by atoms with E-state index in [-0.39, 0.29) is 41.9 Å². The van der Waals surface area contributed by atoms with Gasteiger partial charge in [-0.15, -0.1) is 0 Å². The third-order valence-electron chi connectivity index (χ3n) is 13.8. The number of carbonyl (C=O) groups excluding carboxylic acids is 6. The number of rotatable bonds is 12. The average Bonchev–Trinajstić information content (AvgIpc) is 3.26. The van der Waals surface area contributed by atoms with E-state index in [9.17, 15) is 34.2 Å². The highest BCUT2D eigenvalue weighted by molar-refractivity contribution is 5.96. The Kier molecular flexibility index (Phi) is 12.8. The minimum Gasteiger partial charge on any atom is -0.456 e. The summed E-state index contributed by atoms with van der Waals surface area (Å²) in [7, 11) is 0. The maximum absolute atomic E-state index is 15.8. The topological polar surface area (TPSA) is 210 Å². The molecule has 1 heterocycles. The number of esters is 4. The smallest absolute Gasteiger partial charge is 0.338 e. The molecular weight excluding hydrogens is 827 g/mol. The van der Waals surface area contributed by atoms with Crippen LogP contribution in [0, 0.1) is 16.7 Å². The Morgan fingerprint density at radius 3 is 1.98 bits per heavy atom. The van der Waals surface area contributed by atoms with E-state index in [4.69, 9.17) is 28.4 Å². The van der Waals surface area contributed by atoms with Crippen LogP contribution < -0.4 is 5.32 Å². The number of aliphatic hydroxyl groups excluding tert-OH is 1.